The van der Waals surface area contributed by atoms with E-state index in [2.05, 4.69) is 19.2 Å². The van der Waals surface area contributed by atoms with Crippen molar-refractivity contribution in [3.63, 3.8) is 0 Å². The molecule has 1 amide bonds. The van der Waals surface area contributed by atoms with Gasteiger partial charge in [0.1, 0.15) is 0 Å². The van der Waals surface area contributed by atoms with Gasteiger partial charge in [0, 0.05) is 12.8 Å². The first-order chi connectivity index (χ1) is 34.0. The Morgan fingerprint density at radius 2 is 0.667 bits per heavy atom. The summed E-state index contributed by atoms with van der Waals surface area (Å²) in [6.45, 7) is 4.93. The lowest BCUT2D eigenvalue weighted by Crippen LogP contribution is -2.45. The van der Waals surface area contributed by atoms with Gasteiger partial charge in [0.25, 0.3) is 0 Å². The lowest BCUT2D eigenvalue weighted by molar-refractivity contribution is -0.143. The molecule has 6 nitrogen and oxygen atoms in total. The van der Waals surface area contributed by atoms with Crippen LogP contribution < -0.4 is 5.32 Å². The van der Waals surface area contributed by atoms with E-state index in [1.807, 2.05) is 6.08 Å². The van der Waals surface area contributed by atoms with Gasteiger partial charge in [-0.15, -0.1) is 0 Å². The molecule has 0 aromatic carbocycles. The maximum Gasteiger partial charge on any atom is 0.305 e. The molecule has 69 heavy (non-hydrogen) atoms. The number of unbranched alkanes of at least 4 members (excludes halogenated alkanes) is 48. The molecule has 0 aliphatic heterocycles. The van der Waals surface area contributed by atoms with Crippen LogP contribution in [-0.4, -0.2) is 47.4 Å². The van der Waals surface area contributed by atoms with Gasteiger partial charge in [-0.1, -0.05) is 321 Å². The molecule has 3 N–H and O–H groups in total. The summed E-state index contributed by atoms with van der Waals surface area (Å²) >= 11 is 0. The van der Waals surface area contributed by atoms with Crippen LogP contribution >= 0.6 is 0 Å². The predicted molar refractivity (Wildman–Crippen MR) is 301 cm³/mol. The second-order valence-electron chi connectivity index (χ2n) is 21.8. The van der Waals surface area contributed by atoms with Gasteiger partial charge >= 0.3 is 5.97 Å². The molecule has 0 aliphatic rings. The normalized spacial score (nSPS) is 12.6. The van der Waals surface area contributed by atoms with Crippen molar-refractivity contribution in [1.82, 2.24) is 5.32 Å². The quantitative estimate of drug-likeness (QED) is 0.0321. The van der Waals surface area contributed by atoms with E-state index < -0.39 is 12.1 Å². The third-order valence-corrected chi connectivity index (χ3v) is 14.8. The maximum absolute atomic E-state index is 12.5. The van der Waals surface area contributed by atoms with Gasteiger partial charge in [-0.3, -0.25) is 9.59 Å². The Hall–Kier alpha value is -1.40. The predicted octanol–water partition coefficient (Wildman–Crippen LogP) is 19.6. The largest absolute Gasteiger partial charge is 0.466 e. The number of amides is 1. The summed E-state index contributed by atoms with van der Waals surface area (Å²) in [5, 5.41) is 23.1. The van der Waals surface area contributed by atoms with Crippen molar-refractivity contribution in [3.05, 3.63) is 12.2 Å². The summed E-state index contributed by atoms with van der Waals surface area (Å²) in [6.07, 6.45) is 71.1. The Kier molecular flexibility index (Phi) is 58.0. The van der Waals surface area contributed by atoms with Crippen molar-refractivity contribution < 1.29 is 24.5 Å². The lowest BCUT2D eigenvalue weighted by Gasteiger charge is -2.20. The minimum Gasteiger partial charge on any atom is -0.466 e. The van der Waals surface area contributed by atoms with Gasteiger partial charge in [-0.2, -0.15) is 0 Å². The third kappa shape index (κ3) is 55.8. The van der Waals surface area contributed by atoms with Crippen LogP contribution in [0.3, 0.4) is 0 Å². The van der Waals surface area contributed by atoms with Crippen LogP contribution in [0.25, 0.3) is 0 Å². The molecule has 0 rings (SSSR count). The zero-order valence-electron chi connectivity index (χ0n) is 46.8. The standard InChI is InChI=1S/C63H123NO5/c1-3-5-7-9-11-13-15-17-19-29-33-37-41-45-49-53-57-63(68)69-58-54-50-46-42-38-34-30-26-24-22-20-21-23-25-28-32-36-40-44-48-52-56-62(67)64-60(59-65)61(66)55-51-47-43-39-35-31-27-18-16-14-12-10-8-6-4-2/h51,55,60-61,65-66H,3-50,52-54,56-59H2,1-2H3,(H,64,67)/b55-51+. The monoisotopic (exact) mass is 974 g/mol. The van der Waals surface area contributed by atoms with E-state index in [-0.39, 0.29) is 18.5 Å². The lowest BCUT2D eigenvalue weighted by atomic mass is 10.0. The molecule has 0 radical (unpaired) electrons. The molecule has 0 bridgehead atoms. The van der Waals surface area contributed by atoms with Gasteiger partial charge in [-0.05, 0) is 32.1 Å². The Bertz CT molecular complexity index is 1030. The number of carbonyl (C=O) groups is 2. The molecule has 0 saturated heterocycles. The van der Waals surface area contributed by atoms with Crippen LogP contribution in [0.2, 0.25) is 0 Å². The maximum atomic E-state index is 12.5. The highest BCUT2D eigenvalue weighted by Crippen LogP contribution is 2.18. The number of allylic oxidation sites excluding steroid dienone is 1. The van der Waals surface area contributed by atoms with E-state index in [9.17, 15) is 19.8 Å². The molecule has 0 fully saturated rings. The minimum absolute atomic E-state index is 0.0155. The summed E-state index contributed by atoms with van der Waals surface area (Å²) in [5.74, 6) is -0.0510. The molecule has 0 spiro atoms. The second kappa shape index (κ2) is 59.2. The highest BCUT2D eigenvalue weighted by atomic mass is 16.5. The molecule has 2 atom stereocenters. The topological polar surface area (TPSA) is 95.9 Å². The zero-order valence-corrected chi connectivity index (χ0v) is 46.8. The number of hydrogen-bond donors (Lipinski definition) is 3. The average molecular weight is 975 g/mol. The fraction of sp³-hybridized carbons (Fsp3) is 0.937. The summed E-state index contributed by atoms with van der Waals surface area (Å²) in [6, 6.07) is -0.627. The second-order valence-corrected chi connectivity index (χ2v) is 21.8. The number of hydrogen-bond acceptors (Lipinski definition) is 5. The third-order valence-electron chi connectivity index (χ3n) is 14.8. The molecule has 0 saturated carbocycles. The fourth-order valence-electron chi connectivity index (χ4n) is 9.99. The molecule has 2 unspecified atom stereocenters. The smallest absolute Gasteiger partial charge is 0.305 e. The van der Waals surface area contributed by atoms with Gasteiger partial charge in [0.05, 0.1) is 25.4 Å². The van der Waals surface area contributed by atoms with Crippen LogP contribution in [0.5, 0.6) is 0 Å². The Labute approximate surface area is 431 Å². The van der Waals surface area contributed by atoms with E-state index in [0.29, 0.717) is 19.4 Å². The van der Waals surface area contributed by atoms with Crippen molar-refractivity contribution >= 4 is 11.9 Å². The van der Waals surface area contributed by atoms with Crippen molar-refractivity contribution in [2.24, 2.45) is 0 Å². The molecule has 0 aromatic rings. The van der Waals surface area contributed by atoms with Crippen molar-refractivity contribution in [1.29, 1.82) is 0 Å². The first-order valence-electron chi connectivity index (χ1n) is 31.5. The van der Waals surface area contributed by atoms with E-state index in [0.717, 1.165) is 38.5 Å². The van der Waals surface area contributed by atoms with E-state index in [1.54, 1.807) is 6.08 Å². The molecular formula is C63H123NO5. The zero-order chi connectivity index (χ0) is 50.0. The highest BCUT2D eigenvalue weighted by molar-refractivity contribution is 5.76. The number of aliphatic hydroxyl groups is 2. The number of ether oxygens (including phenoxy) is 1. The van der Waals surface area contributed by atoms with Crippen LogP contribution in [0.1, 0.15) is 354 Å². The van der Waals surface area contributed by atoms with Gasteiger partial charge < -0.3 is 20.3 Å². The summed E-state index contributed by atoms with van der Waals surface area (Å²) < 4.78 is 5.50. The first-order valence-corrected chi connectivity index (χ1v) is 31.5. The first kappa shape index (κ1) is 67.6. The van der Waals surface area contributed by atoms with Gasteiger partial charge in [-0.25, -0.2) is 0 Å². The highest BCUT2D eigenvalue weighted by Gasteiger charge is 2.18. The van der Waals surface area contributed by atoms with Crippen LogP contribution in [0, 0.1) is 0 Å². The Balaban J connectivity index is 3.38. The molecular weight excluding hydrogens is 851 g/mol. The van der Waals surface area contributed by atoms with Gasteiger partial charge in [0.2, 0.25) is 5.91 Å². The summed E-state index contributed by atoms with van der Waals surface area (Å²) in [4.78, 5) is 24.5. The van der Waals surface area contributed by atoms with Crippen molar-refractivity contribution in [3.8, 4) is 0 Å². The number of rotatable bonds is 59. The van der Waals surface area contributed by atoms with E-state index in [1.165, 1.54) is 289 Å². The van der Waals surface area contributed by atoms with Crippen LogP contribution in [0.15, 0.2) is 12.2 Å². The number of nitrogens with one attached hydrogen (secondary N) is 1. The Morgan fingerprint density at radius 3 is 0.986 bits per heavy atom. The molecule has 6 heteroatoms. The molecule has 410 valence electrons. The minimum atomic E-state index is -0.844. The molecule has 0 heterocycles. The average Bonchev–Trinajstić information content (AvgIpc) is 3.35. The van der Waals surface area contributed by atoms with Gasteiger partial charge in [0.15, 0.2) is 0 Å². The summed E-state index contributed by atoms with van der Waals surface area (Å²) in [5.41, 5.74) is 0. The number of carbonyl (C=O) groups excluding carboxylic acids is 2. The van der Waals surface area contributed by atoms with Crippen LogP contribution in [-0.2, 0) is 14.3 Å². The van der Waals surface area contributed by atoms with Crippen LogP contribution in [0.4, 0.5) is 0 Å². The number of esters is 1. The van der Waals surface area contributed by atoms with E-state index >= 15 is 0 Å². The molecule has 0 aromatic heterocycles. The van der Waals surface area contributed by atoms with E-state index in [4.69, 9.17) is 4.74 Å². The molecule has 0 aliphatic carbocycles. The Morgan fingerprint density at radius 1 is 0.391 bits per heavy atom. The van der Waals surface area contributed by atoms with Crippen molar-refractivity contribution in [2.75, 3.05) is 13.2 Å². The summed E-state index contributed by atoms with van der Waals surface area (Å²) in [7, 11) is 0. The number of aliphatic hydroxyl groups excluding tert-OH is 2. The van der Waals surface area contributed by atoms with Crippen molar-refractivity contribution in [2.45, 2.75) is 366 Å². The fourth-order valence-corrected chi connectivity index (χ4v) is 9.99. The SMILES string of the molecule is CCCCCCCCCCCCCCC/C=C/C(O)C(CO)NC(=O)CCCCCCCCCCCCCCCCCCCCCCCOC(=O)CCCCCCCCCCCCCCCCCC.